The molecule has 0 saturated heterocycles. The number of alkyl halides is 2. The van der Waals surface area contributed by atoms with E-state index >= 15 is 0 Å². The van der Waals surface area contributed by atoms with E-state index in [9.17, 15) is 21.6 Å². The number of hydrogen-bond acceptors (Lipinski definition) is 3. The second-order valence-electron chi connectivity index (χ2n) is 5.08. The Morgan fingerprint density at radius 3 is 2.38 bits per heavy atom. The Morgan fingerprint density at radius 2 is 1.79 bits per heavy atom. The highest BCUT2D eigenvalue weighted by molar-refractivity contribution is 7.89. The largest absolute Gasteiger partial charge is 0.435 e. The predicted octanol–water partition coefficient (Wildman–Crippen LogP) is 3.26. The van der Waals surface area contributed by atoms with E-state index in [0.717, 1.165) is 11.6 Å². The molecule has 0 aliphatic carbocycles. The van der Waals surface area contributed by atoms with Gasteiger partial charge in [-0.25, -0.2) is 17.5 Å². The number of hydrogen-bond donors (Lipinski definition) is 1. The highest BCUT2D eigenvalue weighted by atomic mass is 32.2. The van der Waals surface area contributed by atoms with E-state index < -0.39 is 22.5 Å². The zero-order chi connectivity index (χ0) is 17.7. The first-order valence-corrected chi connectivity index (χ1v) is 8.56. The summed E-state index contributed by atoms with van der Waals surface area (Å²) in [4.78, 5) is -0.147. The van der Waals surface area contributed by atoms with Crippen LogP contribution in [0.2, 0.25) is 0 Å². The van der Waals surface area contributed by atoms with Crippen LogP contribution in [0.4, 0.5) is 13.2 Å². The monoisotopic (exact) mass is 359 g/mol. The summed E-state index contributed by atoms with van der Waals surface area (Å²) < 4.78 is 68.3. The lowest BCUT2D eigenvalue weighted by atomic mass is 10.1. The standard InChI is InChI=1S/C16H16F3NO3S/c1-11-2-7-14(10-15(11)17)24(21,22)20-9-8-12-3-5-13(6-4-12)23-16(18)19/h2-7,10,16,20H,8-9H2,1H3. The fourth-order valence-corrected chi connectivity index (χ4v) is 3.03. The van der Waals surface area contributed by atoms with E-state index in [1.165, 1.54) is 24.3 Å². The molecule has 0 amide bonds. The third kappa shape index (κ3) is 4.97. The summed E-state index contributed by atoms with van der Waals surface area (Å²) in [5, 5.41) is 0. The molecule has 24 heavy (non-hydrogen) atoms. The molecule has 1 N–H and O–H groups in total. The lowest BCUT2D eigenvalue weighted by molar-refractivity contribution is -0.0498. The number of nitrogens with one attached hydrogen (secondary N) is 1. The Balaban J connectivity index is 1.94. The van der Waals surface area contributed by atoms with Gasteiger partial charge in [0, 0.05) is 6.54 Å². The van der Waals surface area contributed by atoms with Crippen LogP contribution >= 0.6 is 0 Å². The second kappa shape index (κ2) is 7.67. The average molecular weight is 359 g/mol. The van der Waals surface area contributed by atoms with E-state index in [1.807, 2.05) is 0 Å². The van der Waals surface area contributed by atoms with Crippen molar-refractivity contribution in [2.45, 2.75) is 24.9 Å². The van der Waals surface area contributed by atoms with Crippen LogP contribution in [0.15, 0.2) is 47.4 Å². The van der Waals surface area contributed by atoms with Crippen LogP contribution in [0.3, 0.4) is 0 Å². The van der Waals surface area contributed by atoms with Crippen molar-refractivity contribution in [2.24, 2.45) is 0 Å². The van der Waals surface area contributed by atoms with Crippen LogP contribution in [0.25, 0.3) is 0 Å². The summed E-state index contributed by atoms with van der Waals surface area (Å²) >= 11 is 0. The zero-order valence-electron chi connectivity index (χ0n) is 12.8. The average Bonchev–Trinajstić information content (AvgIpc) is 2.51. The number of ether oxygens (including phenoxy) is 1. The minimum atomic E-state index is -3.81. The SMILES string of the molecule is Cc1ccc(S(=O)(=O)NCCc2ccc(OC(F)F)cc2)cc1F. The third-order valence-electron chi connectivity index (χ3n) is 3.31. The maximum atomic E-state index is 13.5. The van der Waals surface area contributed by atoms with Gasteiger partial charge in [0.2, 0.25) is 10.0 Å². The summed E-state index contributed by atoms with van der Waals surface area (Å²) in [6, 6.07) is 9.59. The Morgan fingerprint density at radius 1 is 1.12 bits per heavy atom. The summed E-state index contributed by atoms with van der Waals surface area (Å²) in [6.45, 7) is -1.26. The molecule has 4 nitrogen and oxygen atoms in total. The maximum absolute atomic E-state index is 13.5. The highest BCUT2D eigenvalue weighted by Gasteiger charge is 2.15. The molecule has 0 unspecified atom stereocenters. The van der Waals surface area contributed by atoms with Gasteiger partial charge >= 0.3 is 6.61 Å². The molecule has 0 bridgehead atoms. The van der Waals surface area contributed by atoms with Gasteiger partial charge < -0.3 is 4.74 Å². The molecular formula is C16H16F3NO3S. The Hall–Kier alpha value is -2.06. The lowest BCUT2D eigenvalue weighted by Crippen LogP contribution is -2.26. The molecule has 0 aromatic heterocycles. The summed E-state index contributed by atoms with van der Waals surface area (Å²) in [5.74, 6) is -0.558. The molecule has 2 rings (SSSR count). The van der Waals surface area contributed by atoms with Gasteiger partial charge in [-0.2, -0.15) is 8.78 Å². The Labute approximate surface area is 138 Å². The van der Waals surface area contributed by atoms with E-state index in [1.54, 1.807) is 19.1 Å². The molecule has 0 aliphatic heterocycles. The molecule has 0 spiro atoms. The molecule has 130 valence electrons. The molecule has 0 heterocycles. The fourth-order valence-electron chi connectivity index (χ4n) is 1.99. The van der Waals surface area contributed by atoms with E-state index in [2.05, 4.69) is 9.46 Å². The lowest BCUT2D eigenvalue weighted by Gasteiger charge is -2.08. The first-order chi connectivity index (χ1) is 11.3. The van der Waals surface area contributed by atoms with Crippen molar-refractivity contribution < 1.29 is 26.3 Å². The van der Waals surface area contributed by atoms with E-state index in [4.69, 9.17) is 0 Å². The smallest absolute Gasteiger partial charge is 0.387 e. The molecule has 2 aromatic rings. The number of benzene rings is 2. The van der Waals surface area contributed by atoms with Crippen molar-refractivity contribution in [3.63, 3.8) is 0 Å². The van der Waals surface area contributed by atoms with E-state index in [0.29, 0.717) is 12.0 Å². The number of rotatable bonds is 7. The van der Waals surface area contributed by atoms with Crippen molar-refractivity contribution in [3.05, 3.63) is 59.4 Å². The van der Waals surface area contributed by atoms with Crippen LogP contribution in [-0.4, -0.2) is 21.6 Å². The molecule has 8 heteroatoms. The minimum absolute atomic E-state index is 0.0319. The van der Waals surface area contributed by atoms with Gasteiger partial charge in [-0.1, -0.05) is 18.2 Å². The topological polar surface area (TPSA) is 55.4 Å². The molecule has 2 aromatic carbocycles. The molecule has 0 aliphatic rings. The first-order valence-electron chi connectivity index (χ1n) is 7.07. The third-order valence-corrected chi connectivity index (χ3v) is 4.77. The van der Waals surface area contributed by atoms with Crippen LogP contribution in [-0.2, 0) is 16.4 Å². The van der Waals surface area contributed by atoms with E-state index in [-0.39, 0.29) is 17.2 Å². The zero-order valence-corrected chi connectivity index (χ0v) is 13.6. The van der Waals surface area contributed by atoms with Gasteiger partial charge in [0.05, 0.1) is 4.90 Å². The van der Waals surface area contributed by atoms with Crippen molar-refractivity contribution in [1.82, 2.24) is 4.72 Å². The fraction of sp³-hybridized carbons (Fsp3) is 0.250. The molecule has 0 saturated carbocycles. The van der Waals surface area contributed by atoms with Crippen LogP contribution in [0, 0.1) is 12.7 Å². The Kier molecular flexibility index (Phi) is 5.84. The van der Waals surface area contributed by atoms with Gasteiger partial charge in [-0.05, 0) is 48.7 Å². The summed E-state index contributed by atoms with van der Waals surface area (Å²) in [5.41, 5.74) is 1.11. The quantitative estimate of drug-likeness (QED) is 0.826. The second-order valence-corrected chi connectivity index (χ2v) is 6.85. The maximum Gasteiger partial charge on any atom is 0.387 e. The molecule has 0 radical (unpaired) electrons. The molecule has 0 fully saturated rings. The molecule has 0 atom stereocenters. The highest BCUT2D eigenvalue weighted by Crippen LogP contribution is 2.16. The summed E-state index contributed by atoms with van der Waals surface area (Å²) in [7, 11) is -3.81. The van der Waals surface area contributed by atoms with Gasteiger partial charge in [0.1, 0.15) is 11.6 Å². The van der Waals surface area contributed by atoms with Crippen molar-refractivity contribution in [3.8, 4) is 5.75 Å². The minimum Gasteiger partial charge on any atom is -0.435 e. The Bertz CT molecular complexity index is 793. The normalized spacial score (nSPS) is 11.7. The first kappa shape index (κ1) is 18.3. The predicted molar refractivity (Wildman–Crippen MR) is 83.1 cm³/mol. The van der Waals surface area contributed by atoms with Gasteiger partial charge in [-0.15, -0.1) is 0 Å². The van der Waals surface area contributed by atoms with Crippen LogP contribution in [0.1, 0.15) is 11.1 Å². The van der Waals surface area contributed by atoms with Crippen LogP contribution < -0.4 is 9.46 Å². The van der Waals surface area contributed by atoms with Gasteiger partial charge in [-0.3, -0.25) is 0 Å². The summed E-state index contributed by atoms with van der Waals surface area (Å²) in [6.07, 6.45) is 0.350. The van der Waals surface area contributed by atoms with Crippen LogP contribution in [0.5, 0.6) is 5.75 Å². The van der Waals surface area contributed by atoms with Crippen molar-refractivity contribution >= 4 is 10.0 Å². The number of aryl methyl sites for hydroxylation is 1. The van der Waals surface area contributed by atoms with Gasteiger partial charge in [0.15, 0.2) is 0 Å². The van der Waals surface area contributed by atoms with Crippen molar-refractivity contribution in [2.75, 3.05) is 6.54 Å². The number of sulfonamides is 1. The molecular weight excluding hydrogens is 343 g/mol. The number of halogens is 3. The van der Waals surface area contributed by atoms with Gasteiger partial charge in [0.25, 0.3) is 0 Å². The van der Waals surface area contributed by atoms with Crippen molar-refractivity contribution in [1.29, 1.82) is 0 Å².